The minimum Gasteiger partial charge on any atom is -0.340 e. The molecule has 5 heteroatoms. The summed E-state index contributed by atoms with van der Waals surface area (Å²) >= 11 is 0. The first-order chi connectivity index (χ1) is 11.9. The Morgan fingerprint density at radius 3 is 2.44 bits per heavy atom. The van der Waals surface area contributed by atoms with Gasteiger partial charge in [0.15, 0.2) is 0 Å². The van der Waals surface area contributed by atoms with Gasteiger partial charge < -0.3 is 9.80 Å². The van der Waals surface area contributed by atoms with Gasteiger partial charge in [-0.2, -0.15) is 0 Å². The van der Waals surface area contributed by atoms with Crippen LogP contribution in [0.15, 0.2) is 30.3 Å². The summed E-state index contributed by atoms with van der Waals surface area (Å²) in [5, 5.41) is 0. The van der Waals surface area contributed by atoms with E-state index in [1.807, 2.05) is 28.0 Å². The number of carbonyl (C=O) groups is 2. The van der Waals surface area contributed by atoms with Crippen LogP contribution in [0, 0.1) is 0 Å². The first kappa shape index (κ1) is 17.9. The highest BCUT2D eigenvalue weighted by Gasteiger charge is 2.43. The van der Waals surface area contributed by atoms with Crippen LogP contribution in [-0.2, 0) is 16.0 Å². The Kier molecular flexibility index (Phi) is 5.13. The summed E-state index contributed by atoms with van der Waals surface area (Å²) in [6.45, 7) is 9.91. The van der Waals surface area contributed by atoms with Crippen LogP contribution in [0.25, 0.3) is 0 Å². The van der Waals surface area contributed by atoms with Gasteiger partial charge in [0.2, 0.25) is 11.8 Å². The lowest BCUT2D eigenvalue weighted by Gasteiger charge is -2.55. The average Bonchev–Trinajstić information content (AvgIpc) is 2.59. The minimum atomic E-state index is -0.0340. The van der Waals surface area contributed by atoms with Crippen LogP contribution in [0.3, 0.4) is 0 Å². The molecule has 3 rings (SSSR count). The molecule has 136 valence electrons. The molecule has 0 unspecified atom stereocenters. The van der Waals surface area contributed by atoms with Gasteiger partial charge in [0, 0.05) is 57.6 Å². The summed E-state index contributed by atoms with van der Waals surface area (Å²) in [7, 11) is 0. The fourth-order valence-electron chi connectivity index (χ4n) is 4.21. The molecule has 2 aliphatic heterocycles. The van der Waals surface area contributed by atoms with Gasteiger partial charge in [-0.1, -0.05) is 30.3 Å². The van der Waals surface area contributed by atoms with Gasteiger partial charge >= 0.3 is 0 Å². The third-order valence-corrected chi connectivity index (χ3v) is 5.54. The summed E-state index contributed by atoms with van der Waals surface area (Å²) in [6, 6.07) is 10.4. The Hall–Kier alpha value is -1.88. The number of hydrogen-bond donors (Lipinski definition) is 0. The molecule has 0 aromatic heterocycles. The zero-order chi connectivity index (χ0) is 18.0. The van der Waals surface area contributed by atoms with E-state index in [0.717, 1.165) is 39.1 Å². The van der Waals surface area contributed by atoms with E-state index in [1.54, 1.807) is 6.92 Å². The van der Waals surface area contributed by atoms with E-state index in [9.17, 15) is 9.59 Å². The Morgan fingerprint density at radius 1 is 1.08 bits per heavy atom. The lowest BCUT2D eigenvalue weighted by atomic mass is 9.92. The third-order valence-electron chi connectivity index (χ3n) is 5.54. The number of benzene rings is 1. The van der Waals surface area contributed by atoms with Crippen LogP contribution in [-0.4, -0.2) is 70.8 Å². The number of carbonyl (C=O) groups excluding carboxylic acids is 2. The number of aryl methyl sites for hydroxylation is 1. The standard InChI is InChI=1S/C20H29N3O2/c1-16(24)22-14-18-13-21(11-12-23(18)20(2,3)15-22)19(25)10-9-17-7-5-4-6-8-17/h4-8,18H,9-15H2,1-3H3/t18-/m0/s1. The van der Waals surface area contributed by atoms with Crippen molar-refractivity contribution in [2.45, 2.75) is 45.2 Å². The monoisotopic (exact) mass is 343 g/mol. The van der Waals surface area contributed by atoms with E-state index in [2.05, 4.69) is 30.9 Å². The molecule has 0 N–H and O–H groups in total. The maximum Gasteiger partial charge on any atom is 0.222 e. The van der Waals surface area contributed by atoms with Crippen LogP contribution < -0.4 is 0 Å². The van der Waals surface area contributed by atoms with Crippen LogP contribution in [0.2, 0.25) is 0 Å². The fourth-order valence-corrected chi connectivity index (χ4v) is 4.21. The Labute approximate surface area is 150 Å². The van der Waals surface area contributed by atoms with Crippen molar-refractivity contribution in [2.75, 3.05) is 32.7 Å². The van der Waals surface area contributed by atoms with Crippen molar-refractivity contribution in [3.63, 3.8) is 0 Å². The molecular weight excluding hydrogens is 314 g/mol. The first-order valence-electron chi connectivity index (χ1n) is 9.21. The lowest BCUT2D eigenvalue weighted by molar-refractivity contribution is -0.145. The van der Waals surface area contributed by atoms with Gasteiger partial charge in [0.05, 0.1) is 0 Å². The van der Waals surface area contributed by atoms with Crippen LogP contribution in [0.4, 0.5) is 0 Å². The molecule has 2 aliphatic rings. The van der Waals surface area contributed by atoms with Gasteiger partial charge in [-0.25, -0.2) is 0 Å². The molecule has 1 atom stereocenters. The van der Waals surface area contributed by atoms with Gasteiger partial charge in [0.1, 0.15) is 0 Å². The normalized spacial score (nSPS) is 23.2. The van der Waals surface area contributed by atoms with Crippen molar-refractivity contribution in [3.05, 3.63) is 35.9 Å². The number of rotatable bonds is 3. The Bertz CT molecular complexity index is 629. The number of fused-ring (bicyclic) bond motifs is 1. The van der Waals surface area contributed by atoms with Crippen molar-refractivity contribution < 1.29 is 9.59 Å². The smallest absolute Gasteiger partial charge is 0.222 e. The highest BCUT2D eigenvalue weighted by atomic mass is 16.2. The molecule has 1 aromatic rings. The summed E-state index contributed by atoms with van der Waals surface area (Å²) in [5.74, 6) is 0.349. The van der Waals surface area contributed by atoms with E-state index in [4.69, 9.17) is 0 Å². The predicted molar refractivity (Wildman–Crippen MR) is 98.2 cm³/mol. The minimum absolute atomic E-state index is 0.0340. The number of piperazine rings is 2. The molecule has 2 amide bonds. The van der Waals surface area contributed by atoms with Crippen molar-refractivity contribution >= 4 is 11.8 Å². The number of amides is 2. The van der Waals surface area contributed by atoms with Crippen molar-refractivity contribution in [1.82, 2.24) is 14.7 Å². The van der Waals surface area contributed by atoms with Gasteiger partial charge in [-0.15, -0.1) is 0 Å². The first-order valence-corrected chi connectivity index (χ1v) is 9.21. The van der Waals surface area contributed by atoms with E-state index < -0.39 is 0 Å². The molecule has 25 heavy (non-hydrogen) atoms. The zero-order valence-electron chi connectivity index (χ0n) is 15.6. The van der Waals surface area contributed by atoms with E-state index in [-0.39, 0.29) is 23.4 Å². The molecule has 5 nitrogen and oxygen atoms in total. The molecular formula is C20H29N3O2. The second kappa shape index (κ2) is 7.16. The molecule has 2 heterocycles. The lowest BCUT2D eigenvalue weighted by Crippen LogP contribution is -2.70. The van der Waals surface area contributed by atoms with Crippen molar-refractivity contribution in [2.24, 2.45) is 0 Å². The number of hydrogen-bond acceptors (Lipinski definition) is 3. The third kappa shape index (κ3) is 4.03. The maximum absolute atomic E-state index is 12.6. The Morgan fingerprint density at radius 2 is 1.76 bits per heavy atom. The van der Waals surface area contributed by atoms with Gasteiger partial charge in [-0.3, -0.25) is 14.5 Å². The molecule has 1 aromatic carbocycles. The molecule has 0 spiro atoms. The summed E-state index contributed by atoms with van der Waals surface area (Å²) in [5.41, 5.74) is 1.17. The second-order valence-electron chi connectivity index (χ2n) is 7.88. The fraction of sp³-hybridized carbons (Fsp3) is 0.600. The molecule has 0 aliphatic carbocycles. The molecule has 2 saturated heterocycles. The van der Waals surface area contributed by atoms with E-state index >= 15 is 0 Å². The number of nitrogens with zero attached hydrogens (tertiary/aromatic N) is 3. The van der Waals surface area contributed by atoms with Crippen molar-refractivity contribution in [3.8, 4) is 0 Å². The largest absolute Gasteiger partial charge is 0.340 e. The SMILES string of the molecule is CC(=O)N1C[C@@H]2CN(C(=O)CCc3ccccc3)CCN2C(C)(C)C1. The maximum atomic E-state index is 12.6. The van der Waals surface area contributed by atoms with E-state index in [0.29, 0.717) is 6.42 Å². The van der Waals surface area contributed by atoms with E-state index in [1.165, 1.54) is 5.56 Å². The topological polar surface area (TPSA) is 43.9 Å². The molecule has 0 saturated carbocycles. The Balaban J connectivity index is 1.60. The van der Waals surface area contributed by atoms with Gasteiger partial charge in [0.25, 0.3) is 0 Å². The van der Waals surface area contributed by atoms with Crippen LogP contribution in [0.1, 0.15) is 32.8 Å². The average molecular weight is 343 g/mol. The highest BCUT2D eigenvalue weighted by Crippen LogP contribution is 2.28. The predicted octanol–water partition coefficient (Wildman–Crippen LogP) is 1.77. The van der Waals surface area contributed by atoms with Crippen LogP contribution >= 0.6 is 0 Å². The molecule has 0 radical (unpaired) electrons. The zero-order valence-corrected chi connectivity index (χ0v) is 15.6. The summed E-state index contributed by atoms with van der Waals surface area (Å²) in [6.07, 6.45) is 1.34. The quantitative estimate of drug-likeness (QED) is 0.840. The summed E-state index contributed by atoms with van der Waals surface area (Å²) < 4.78 is 0. The molecule has 0 bridgehead atoms. The van der Waals surface area contributed by atoms with Crippen molar-refractivity contribution in [1.29, 1.82) is 0 Å². The molecule has 2 fully saturated rings. The van der Waals surface area contributed by atoms with Gasteiger partial charge in [-0.05, 0) is 25.8 Å². The van der Waals surface area contributed by atoms with Crippen LogP contribution in [0.5, 0.6) is 0 Å². The highest BCUT2D eigenvalue weighted by molar-refractivity contribution is 5.77. The summed E-state index contributed by atoms with van der Waals surface area (Å²) in [4.78, 5) is 30.9. The second-order valence-corrected chi connectivity index (χ2v) is 7.88.